The molecule has 0 saturated carbocycles. The van der Waals surface area contributed by atoms with Crippen LogP contribution in [0.1, 0.15) is 21.8 Å². The van der Waals surface area contributed by atoms with Gasteiger partial charge in [-0.15, -0.1) is 0 Å². The van der Waals surface area contributed by atoms with Crippen molar-refractivity contribution in [2.75, 3.05) is 11.9 Å². The largest absolute Gasteiger partial charge is 0.361 e. The number of carbonyl (C=O) groups excluding carboxylic acids is 1. The first-order valence-electron chi connectivity index (χ1n) is 8.25. The van der Waals surface area contributed by atoms with Gasteiger partial charge in [-0.1, -0.05) is 40.4 Å². The molecule has 0 atom stereocenters. The fraction of sp³-hybridized carbons (Fsp3) is 0.158. The smallest absolute Gasteiger partial charge is 0.262 e. The Kier molecular flexibility index (Phi) is 4.91. The van der Waals surface area contributed by atoms with E-state index in [1.165, 1.54) is 23.1 Å². The SMILES string of the molecule is Cc1cc(CSc2ncccc2C(=O)N(C)c2nc3ccccc3s2)no1. The van der Waals surface area contributed by atoms with Gasteiger partial charge < -0.3 is 4.52 Å². The second-order valence-electron chi connectivity index (χ2n) is 5.90. The summed E-state index contributed by atoms with van der Waals surface area (Å²) < 4.78 is 6.14. The molecule has 0 aliphatic heterocycles. The van der Waals surface area contributed by atoms with Gasteiger partial charge in [0.25, 0.3) is 5.91 Å². The Morgan fingerprint density at radius 3 is 2.89 bits per heavy atom. The van der Waals surface area contributed by atoms with E-state index in [2.05, 4.69) is 15.1 Å². The maximum absolute atomic E-state index is 13.1. The average Bonchev–Trinajstić information content (AvgIpc) is 3.31. The van der Waals surface area contributed by atoms with Crippen molar-refractivity contribution >= 4 is 44.4 Å². The maximum Gasteiger partial charge on any atom is 0.262 e. The van der Waals surface area contributed by atoms with Crippen molar-refractivity contribution < 1.29 is 9.32 Å². The third-order valence-electron chi connectivity index (χ3n) is 3.91. The van der Waals surface area contributed by atoms with Crippen LogP contribution in [-0.4, -0.2) is 28.1 Å². The van der Waals surface area contributed by atoms with Gasteiger partial charge in [0.05, 0.1) is 21.5 Å². The summed E-state index contributed by atoms with van der Waals surface area (Å²) in [6, 6.07) is 13.3. The Morgan fingerprint density at radius 1 is 1.26 bits per heavy atom. The first kappa shape index (κ1) is 17.7. The van der Waals surface area contributed by atoms with Crippen LogP contribution in [0.3, 0.4) is 0 Å². The molecule has 0 N–H and O–H groups in total. The second-order valence-corrected chi connectivity index (χ2v) is 7.88. The molecule has 8 heteroatoms. The Balaban J connectivity index is 1.57. The molecule has 136 valence electrons. The minimum atomic E-state index is -0.138. The summed E-state index contributed by atoms with van der Waals surface area (Å²) in [5.41, 5.74) is 2.25. The zero-order chi connectivity index (χ0) is 18.8. The lowest BCUT2D eigenvalue weighted by atomic mass is 10.2. The molecule has 3 heterocycles. The van der Waals surface area contributed by atoms with Crippen LogP contribution in [0.2, 0.25) is 0 Å². The van der Waals surface area contributed by atoms with Gasteiger partial charge in [-0.05, 0) is 31.2 Å². The Hall–Kier alpha value is -2.71. The molecule has 6 nitrogen and oxygen atoms in total. The number of amides is 1. The van der Waals surface area contributed by atoms with Crippen molar-refractivity contribution in [1.29, 1.82) is 0 Å². The maximum atomic E-state index is 13.1. The third kappa shape index (κ3) is 3.72. The van der Waals surface area contributed by atoms with Crippen LogP contribution >= 0.6 is 23.1 Å². The minimum absolute atomic E-state index is 0.138. The van der Waals surface area contributed by atoms with E-state index in [4.69, 9.17) is 4.52 Å². The lowest BCUT2D eigenvalue weighted by Gasteiger charge is -2.15. The van der Waals surface area contributed by atoms with Crippen molar-refractivity contribution in [1.82, 2.24) is 15.1 Å². The number of rotatable bonds is 5. The fourth-order valence-corrected chi connectivity index (χ4v) is 4.36. The van der Waals surface area contributed by atoms with E-state index in [1.807, 2.05) is 37.3 Å². The molecule has 0 aliphatic carbocycles. The molecule has 0 radical (unpaired) electrons. The van der Waals surface area contributed by atoms with Crippen molar-refractivity contribution in [3.8, 4) is 0 Å². The van der Waals surface area contributed by atoms with E-state index in [0.29, 0.717) is 21.5 Å². The molecule has 3 aromatic heterocycles. The molecule has 0 spiro atoms. The van der Waals surface area contributed by atoms with E-state index < -0.39 is 0 Å². The van der Waals surface area contributed by atoms with E-state index >= 15 is 0 Å². The zero-order valence-corrected chi connectivity index (χ0v) is 16.4. The third-order valence-corrected chi connectivity index (χ3v) is 6.06. The average molecular weight is 396 g/mol. The molecule has 27 heavy (non-hydrogen) atoms. The molecule has 0 aliphatic rings. The molecule has 4 aromatic rings. The van der Waals surface area contributed by atoms with Gasteiger partial charge in [0, 0.05) is 25.1 Å². The zero-order valence-electron chi connectivity index (χ0n) is 14.7. The molecular formula is C19H16N4O2S2. The van der Waals surface area contributed by atoms with E-state index in [1.54, 1.807) is 30.3 Å². The fourth-order valence-electron chi connectivity index (χ4n) is 2.57. The van der Waals surface area contributed by atoms with Crippen LogP contribution in [-0.2, 0) is 5.75 Å². The Labute approximate surface area is 164 Å². The number of benzene rings is 1. The molecule has 0 unspecified atom stereocenters. The van der Waals surface area contributed by atoms with E-state index in [-0.39, 0.29) is 5.91 Å². The number of aryl methyl sites for hydroxylation is 1. The number of carbonyl (C=O) groups is 1. The lowest BCUT2D eigenvalue weighted by Crippen LogP contribution is -2.26. The van der Waals surface area contributed by atoms with Gasteiger partial charge in [-0.2, -0.15) is 0 Å². The molecule has 1 aromatic carbocycles. The number of nitrogens with zero attached hydrogens (tertiary/aromatic N) is 4. The van der Waals surface area contributed by atoms with Gasteiger partial charge in [-0.3, -0.25) is 9.69 Å². The standard InChI is InChI=1S/C19H16N4O2S2/c1-12-10-13(22-25-12)11-26-17-14(6-5-9-20-17)18(24)23(2)19-21-15-7-3-4-8-16(15)27-19/h3-10H,11H2,1-2H3. The second kappa shape index (κ2) is 7.50. The first-order chi connectivity index (χ1) is 13.1. The van der Waals surface area contributed by atoms with Gasteiger partial charge in [0.1, 0.15) is 10.8 Å². The van der Waals surface area contributed by atoms with Crippen LogP contribution < -0.4 is 4.90 Å². The number of thiazole rings is 1. The summed E-state index contributed by atoms with van der Waals surface area (Å²) in [6.45, 7) is 1.85. The summed E-state index contributed by atoms with van der Waals surface area (Å²) in [7, 11) is 1.74. The molecule has 0 saturated heterocycles. The summed E-state index contributed by atoms with van der Waals surface area (Å²) >= 11 is 2.95. The topological polar surface area (TPSA) is 72.1 Å². The number of para-hydroxylation sites is 1. The normalized spacial score (nSPS) is 11.0. The van der Waals surface area contributed by atoms with Gasteiger partial charge in [0.2, 0.25) is 0 Å². The molecule has 4 rings (SSSR count). The number of pyridine rings is 1. The highest BCUT2D eigenvalue weighted by Crippen LogP contribution is 2.30. The minimum Gasteiger partial charge on any atom is -0.361 e. The number of anilines is 1. The predicted molar refractivity (Wildman–Crippen MR) is 107 cm³/mol. The van der Waals surface area contributed by atoms with Crippen molar-refractivity contribution in [3.05, 3.63) is 65.7 Å². The molecule has 0 fully saturated rings. The number of thioether (sulfide) groups is 1. The van der Waals surface area contributed by atoms with Gasteiger partial charge >= 0.3 is 0 Å². The van der Waals surface area contributed by atoms with Crippen LogP contribution in [0, 0.1) is 6.92 Å². The van der Waals surface area contributed by atoms with Crippen LogP contribution in [0.4, 0.5) is 5.13 Å². The van der Waals surface area contributed by atoms with Crippen molar-refractivity contribution in [3.63, 3.8) is 0 Å². The summed E-state index contributed by atoms with van der Waals surface area (Å²) in [6.07, 6.45) is 1.69. The summed E-state index contributed by atoms with van der Waals surface area (Å²) in [5.74, 6) is 1.21. The van der Waals surface area contributed by atoms with Crippen LogP contribution in [0.15, 0.2) is 58.2 Å². The first-order valence-corrected chi connectivity index (χ1v) is 10.1. The highest BCUT2D eigenvalue weighted by atomic mass is 32.2. The highest BCUT2D eigenvalue weighted by molar-refractivity contribution is 7.98. The highest BCUT2D eigenvalue weighted by Gasteiger charge is 2.21. The number of hydrogen-bond donors (Lipinski definition) is 0. The summed E-state index contributed by atoms with van der Waals surface area (Å²) in [4.78, 5) is 23.6. The monoisotopic (exact) mass is 396 g/mol. The van der Waals surface area contributed by atoms with Gasteiger partial charge in [0.15, 0.2) is 5.13 Å². The molecule has 0 bridgehead atoms. The quantitative estimate of drug-likeness (QED) is 0.461. The number of aromatic nitrogens is 3. The Morgan fingerprint density at radius 2 is 2.11 bits per heavy atom. The molecular weight excluding hydrogens is 380 g/mol. The van der Waals surface area contributed by atoms with E-state index in [9.17, 15) is 4.79 Å². The van der Waals surface area contributed by atoms with Gasteiger partial charge in [-0.25, -0.2) is 9.97 Å². The van der Waals surface area contributed by atoms with Crippen LogP contribution in [0.25, 0.3) is 10.2 Å². The predicted octanol–water partition coefficient (Wildman–Crippen LogP) is 4.56. The van der Waals surface area contributed by atoms with Crippen molar-refractivity contribution in [2.45, 2.75) is 17.7 Å². The van der Waals surface area contributed by atoms with E-state index in [0.717, 1.165) is 21.7 Å². The van der Waals surface area contributed by atoms with Crippen LogP contribution in [0.5, 0.6) is 0 Å². The molecule has 1 amide bonds. The number of fused-ring (bicyclic) bond motifs is 1. The Bertz CT molecular complexity index is 1070. The number of hydrogen-bond acceptors (Lipinski definition) is 7. The van der Waals surface area contributed by atoms with Crippen molar-refractivity contribution in [2.24, 2.45) is 0 Å². The summed E-state index contributed by atoms with van der Waals surface area (Å²) in [5, 5.41) is 5.31. The lowest BCUT2D eigenvalue weighted by molar-refractivity contribution is 0.0989.